The van der Waals surface area contributed by atoms with Crippen LogP contribution < -0.4 is 5.73 Å². The van der Waals surface area contributed by atoms with Crippen molar-refractivity contribution in [1.82, 2.24) is 19.9 Å². The molecule has 5 nitrogen and oxygen atoms in total. The van der Waals surface area contributed by atoms with Gasteiger partial charge in [-0.2, -0.15) is 0 Å². The summed E-state index contributed by atoms with van der Waals surface area (Å²) in [6, 6.07) is 0.612. The molecule has 1 aliphatic heterocycles. The van der Waals surface area contributed by atoms with Gasteiger partial charge in [0.25, 0.3) is 0 Å². The SMILES string of the molecule is CC1CC(CN)CN1Cc1cn(C)nn1.Cl. The molecule has 1 aromatic rings. The largest absolute Gasteiger partial charge is 0.330 e. The van der Waals surface area contributed by atoms with Gasteiger partial charge in [-0.05, 0) is 25.8 Å². The summed E-state index contributed by atoms with van der Waals surface area (Å²) in [6.07, 6.45) is 3.18. The molecule has 1 aromatic heterocycles. The second-order valence-electron chi connectivity index (χ2n) is 4.50. The maximum Gasteiger partial charge on any atom is 0.0967 e. The zero-order valence-corrected chi connectivity index (χ0v) is 10.7. The fraction of sp³-hybridized carbons (Fsp3) is 0.800. The van der Waals surface area contributed by atoms with Gasteiger partial charge in [0.15, 0.2) is 0 Å². The number of likely N-dealkylation sites (tertiary alicyclic amines) is 1. The molecule has 0 saturated carbocycles. The van der Waals surface area contributed by atoms with Crippen molar-refractivity contribution in [2.24, 2.45) is 18.7 Å². The minimum atomic E-state index is 0. The van der Waals surface area contributed by atoms with Crippen molar-refractivity contribution in [3.8, 4) is 0 Å². The van der Waals surface area contributed by atoms with Crippen molar-refractivity contribution in [2.45, 2.75) is 25.9 Å². The van der Waals surface area contributed by atoms with Crippen molar-refractivity contribution in [3.63, 3.8) is 0 Å². The zero-order valence-electron chi connectivity index (χ0n) is 9.83. The number of aryl methyl sites for hydroxylation is 1. The van der Waals surface area contributed by atoms with E-state index in [1.807, 2.05) is 13.2 Å². The molecule has 0 radical (unpaired) electrons. The first kappa shape index (κ1) is 13.4. The molecule has 1 fully saturated rings. The first-order valence-electron chi connectivity index (χ1n) is 5.48. The number of rotatable bonds is 3. The molecule has 0 spiro atoms. The van der Waals surface area contributed by atoms with Gasteiger partial charge < -0.3 is 5.73 Å². The Kier molecular flexibility index (Phi) is 4.70. The van der Waals surface area contributed by atoms with Crippen LogP contribution in [0.1, 0.15) is 19.0 Å². The first-order valence-corrected chi connectivity index (χ1v) is 5.48. The monoisotopic (exact) mass is 245 g/mol. The van der Waals surface area contributed by atoms with Gasteiger partial charge in [-0.15, -0.1) is 17.5 Å². The van der Waals surface area contributed by atoms with Crippen molar-refractivity contribution >= 4 is 12.4 Å². The number of nitrogens with zero attached hydrogens (tertiary/aromatic N) is 4. The van der Waals surface area contributed by atoms with E-state index < -0.39 is 0 Å². The smallest absolute Gasteiger partial charge is 0.0967 e. The van der Waals surface area contributed by atoms with Gasteiger partial charge >= 0.3 is 0 Å². The second-order valence-corrected chi connectivity index (χ2v) is 4.50. The standard InChI is InChI=1S/C10H19N5.ClH/c1-8-3-9(4-11)5-15(8)7-10-6-14(2)13-12-10;/h6,8-9H,3-5,7,11H2,1-2H3;1H. The second kappa shape index (κ2) is 5.61. The third-order valence-corrected chi connectivity index (χ3v) is 3.14. The summed E-state index contributed by atoms with van der Waals surface area (Å²) in [5.41, 5.74) is 6.74. The van der Waals surface area contributed by atoms with Gasteiger partial charge in [0, 0.05) is 32.4 Å². The summed E-state index contributed by atoms with van der Waals surface area (Å²) in [7, 11) is 1.90. The molecule has 0 aliphatic carbocycles. The summed E-state index contributed by atoms with van der Waals surface area (Å²) < 4.78 is 1.75. The fourth-order valence-corrected chi connectivity index (χ4v) is 2.28. The van der Waals surface area contributed by atoms with Crippen molar-refractivity contribution in [1.29, 1.82) is 0 Å². The lowest BCUT2D eigenvalue weighted by molar-refractivity contribution is 0.253. The Morgan fingerprint density at radius 1 is 1.56 bits per heavy atom. The first-order chi connectivity index (χ1) is 7.19. The fourth-order valence-electron chi connectivity index (χ4n) is 2.28. The Bertz CT molecular complexity index is 327. The Morgan fingerprint density at radius 2 is 2.31 bits per heavy atom. The highest BCUT2D eigenvalue weighted by molar-refractivity contribution is 5.85. The van der Waals surface area contributed by atoms with Crippen molar-refractivity contribution < 1.29 is 0 Å². The van der Waals surface area contributed by atoms with Crippen LogP contribution in [0, 0.1) is 5.92 Å². The quantitative estimate of drug-likeness (QED) is 0.838. The topological polar surface area (TPSA) is 60.0 Å². The molecule has 0 amide bonds. The van der Waals surface area contributed by atoms with Crippen LogP contribution in [-0.2, 0) is 13.6 Å². The summed E-state index contributed by atoms with van der Waals surface area (Å²) in [6.45, 7) is 5.03. The lowest BCUT2D eigenvalue weighted by atomic mass is 10.1. The average molecular weight is 246 g/mol. The summed E-state index contributed by atoms with van der Waals surface area (Å²) in [5, 5.41) is 8.04. The molecule has 2 unspecified atom stereocenters. The van der Waals surface area contributed by atoms with Crippen molar-refractivity contribution in [3.05, 3.63) is 11.9 Å². The lowest BCUT2D eigenvalue weighted by Crippen LogP contribution is -2.27. The van der Waals surface area contributed by atoms with Crippen LogP contribution in [0.3, 0.4) is 0 Å². The van der Waals surface area contributed by atoms with Crippen LogP contribution in [0.25, 0.3) is 0 Å². The molecule has 2 rings (SSSR count). The highest BCUT2D eigenvalue weighted by Gasteiger charge is 2.28. The lowest BCUT2D eigenvalue weighted by Gasteiger charge is -2.19. The molecule has 1 aliphatic rings. The molecule has 0 bridgehead atoms. The number of halogens is 1. The molecule has 6 heteroatoms. The molecular formula is C10H20ClN5. The maximum atomic E-state index is 5.70. The predicted octanol–water partition coefficient (Wildman–Crippen LogP) is 0.406. The van der Waals surface area contributed by atoms with E-state index in [0.717, 1.165) is 25.3 Å². The van der Waals surface area contributed by atoms with Gasteiger partial charge in [0.1, 0.15) is 0 Å². The van der Waals surface area contributed by atoms with Crippen LogP contribution in [0.2, 0.25) is 0 Å². The Morgan fingerprint density at radius 3 is 2.81 bits per heavy atom. The summed E-state index contributed by atoms with van der Waals surface area (Å²) >= 11 is 0. The van der Waals surface area contributed by atoms with Crippen LogP contribution in [0.4, 0.5) is 0 Å². The number of hydrogen-bond acceptors (Lipinski definition) is 4. The number of aromatic nitrogens is 3. The van der Waals surface area contributed by atoms with Crippen LogP contribution in [0.15, 0.2) is 6.20 Å². The highest BCUT2D eigenvalue weighted by atomic mass is 35.5. The van der Waals surface area contributed by atoms with Crippen LogP contribution in [-0.4, -0.2) is 39.0 Å². The number of nitrogens with two attached hydrogens (primary N) is 1. The summed E-state index contributed by atoms with van der Waals surface area (Å²) in [5.74, 6) is 0.650. The van der Waals surface area contributed by atoms with Gasteiger partial charge in [-0.25, -0.2) is 0 Å². The Balaban J connectivity index is 0.00000128. The van der Waals surface area contributed by atoms with E-state index in [2.05, 4.69) is 22.1 Å². The molecular weight excluding hydrogens is 226 g/mol. The summed E-state index contributed by atoms with van der Waals surface area (Å²) in [4.78, 5) is 2.43. The minimum Gasteiger partial charge on any atom is -0.330 e. The normalized spacial score (nSPS) is 25.7. The molecule has 16 heavy (non-hydrogen) atoms. The molecule has 2 N–H and O–H groups in total. The van der Waals surface area contributed by atoms with Gasteiger partial charge in [-0.1, -0.05) is 5.21 Å². The van der Waals surface area contributed by atoms with Crippen LogP contribution >= 0.6 is 12.4 Å². The molecule has 0 aromatic carbocycles. The van der Waals surface area contributed by atoms with E-state index in [9.17, 15) is 0 Å². The Hall–Kier alpha value is -0.650. The molecule has 92 valence electrons. The highest BCUT2D eigenvalue weighted by Crippen LogP contribution is 2.23. The zero-order chi connectivity index (χ0) is 10.8. The van der Waals surface area contributed by atoms with Gasteiger partial charge in [0.05, 0.1) is 5.69 Å². The molecule has 2 atom stereocenters. The number of hydrogen-bond donors (Lipinski definition) is 1. The molecule has 2 heterocycles. The van der Waals surface area contributed by atoms with Crippen LogP contribution in [0.5, 0.6) is 0 Å². The van der Waals surface area contributed by atoms with Crippen molar-refractivity contribution in [2.75, 3.05) is 13.1 Å². The van der Waals surface area contributed by atoms with E-state index in [-0.39, 0.29) is 12.4 Å². The third kappa shape index (κ3) is 2.93. The van der Waals surface area contributed by atoms with E-state index in [4.69, 9.17) is 5.73 Å². The molecule has 1 saturated heterocycles. The average Bonchev–Trinajstić information content (AvgIpc) is 2.75. The van der Waals surface area contributed by atoms with E-state index in [0.29, 0.717) is 12.0 Å². The van der Waals surface area contributed by atoms with E-state index in [1.165, 1.54) is 6.42 Å². The van der Waals surface area contributed by atoms with E-state index in [1.54, 1.807) is 4.68 Å². The maximum absolute atomic E-state index is 5.70. The minimum absolute atomic E-state index is 0. The third-order valence-electron chi connectivity index (χ3n) is 3.14. The van der Waals surface area contributed by atoms with Gasteiger partial charge in [0.2, 0.25) is 0 Å². The Labute approximate surface area is 102 Å². The van der Waals surface area contributed by atoms with E-state index >= 15 is 0 Å². The predicted molar refractivity (Wildman–Crippen MR) is 65.3 cm³/mol. The van der Waals surface area contributed by atoms with Gasteiger partial charge in [-0.3, -0.25) is 9.58 Å².